The maximum atomic E-state index is 12.4. The maximum absolute atomic E-state index is 12.4. The summed E-state index contributed by atoms with van der Waals surface area (Å²) in [6.07, 6.45) is 4.46. The van der Waals surface area contributed by atoms with Crippen LogP contribution in [0, 0.1) is 11.3 Å². The van der Waals surface area contributed by atoms with Crippen LogP contribution in [-0.2, 0) is 9.59 Å². The highest BCUT2D eigenvalue weighted by molar-refractivity contribution is 5.83. The first-order chi connectivity index (χ1) is 9.74. The van der Waals surface area contributed by atoms with E-state index >= 15 is 0 Å². The van der Waals surface area contributed by atoms with Crippen molar-refractivity contribution in [3.63, 3.8) is 0 Å². The minimum Gasteiger partial charge on any atom is -0.481 e. The monoisotopic (exact) mass is 298 g/mol. The van der Waals surface area contributed by atoms with Gasteiger partial charge in [0, 0.05) is 6.04 Å². The normalized spacial score (nSPS) is 24.1. The van der Waals surface area contributed by atoms with E-state index in [0.717, 1.165) is 32.2 Å². The van der Waals surface area contributed by atoms with Gasteiger partial charge in [0.25, 0.3) is 0 Å². The zero-order valence-corrected chi connectivity index (χ0v) is 13.7. The molecule has 0 aliphatic carbocycles. The molecule has 0 aromatic carbocycles. The number of aliphatic carboxylic acids is 1. The van der Waals surface area contributed by atoms with Gasteiger partial charge in [-0.3, -0.25) is 9.59 Å². The van der Waals surface area contributed by atoms with Crippen LogP contribution < -0.4 is 10.6 Å². The molecule has 1 heterocycles. The molecule has 0 aromatic heterocycles. The van der Waals surface area contributed by atoms with Gasteiger partial charge in [0.05, 0.1) is 12.0 Å². The van der Waals surface area contributed by atoms with Crippen LogP contribution >= 0.6 is 0 Å². The van der Waals surface area contributed by atoms with Gasteiger partial charge in [0.15, 0.2) is 0 Å². The second kappa shape index (κ2) is 7.78. The Morgan fingerprint density at radius 3 is 2.57 bits per heavy atom. The van der Waals surface area contributed by atoms with Crippen LogP contribution in [0.2, 0.25) is 0 Å². The first-order valence-electron chi connectivity index (χ1n) is 8.00. The molecule has 5 nitrogen and oxygen atoms in total. The van der Waals surface area contributed by atoms with E-state index in [0.29, 0.717) is 6.42 Å². The topological polar surface area (TPSA) is 78.4 Å². The van der Waals surface area contributed by atoms with Crippen LogP contribution in [-0.4, -0.2) is 35.6 Å². The van der Waals surface area contributed by atoms with Crippen molar-refractivity contribution < 1.29 is 14.7 Å². The molecule has 1 saturated heterocycles. The minimum atomic E-state index is -0.750. The number of nitrogens with one attached hydrogen (secondary N) is 2. The highest BCUT2D eigenvalue weighted by Gasteiger charge is 2.37. The molecule has 3 N–H and O–H groups in total. The molecule has 0 spiro atoms. The van der Waals surface area contributed by atoms with Gasteiger partial charge in [-0.2, -0.15) is 0 Å². The Kier molecular flexibility index (Phi) is 6.65. The third-order valence-electron chi connectivity index (χ3n) is 4.47. The minimum absolute atomic E-state index is 0.0140. The molecule has 5 heteroatoms. The van der Waals surface area contributed by atoms with E-state index in [1.54, 1.807) is 6.92 Å². The molecular formula is C16H30N2O3. The lowest BCUT2D eigenvalue weighted by molar-refractivity contribution is -0.141. The quantitative estimate of drug-likeness (QED) is 0.673. The van der Waals surface area contributed by atoms with E-state index in [1.807, 2.05) is 6.92 Å². The van der Waals surface area contributed by atoms with Crippen LogP contribution in [0.1, 0.15) is 59.8 Å². The average molecular weight is 298 g/mol. The summed E-state index contributed by atoms with van der Waals surface area (Å²) >= 11 is 0. The fourth-order valence-electron chi connectivity index (χ4n) is 2.91. The van der Waals surface area contributed by atoms with Crippen molar-refractivity contribution in [1.29, 1.82) is 0 Å². The van der Waals surface area contributed by atoms with Crippen molar-refractivity contribution in [2.24, 2.45) is 11.3 Å². The van der Waals surface area contributed by atoms with Crippen molar-refractivity contribution in [2.45, 2.75) is 71.9 Å². The molecule has 1 fully saturated rings. The Bertz CT molecular complexity index is 369. The van der Waals surface area contributed by atoms with E-state index in [1.165, 1.54) is 0 Å². The maximum Gasteiger partial charge on any atom is 0.306 e. The standard InChI is InChI=1S/C16H30N2O3/c1-11(15(20)21)7-5-8-12(2)18-14(19)13-16(3,4)9-6-10-17-13/h11-13,17H,5-10H2,1-4H3,(H,18,19)(H,20,21). The molecule has 3 unspecified atom stereocenters. The van der Waals surface area contributed by atoms with Crippen molar-refractivity contribution >= 4 is 11.9 Å². The molecule has 0 aromatic rings. The fourth-order valence-corrected chi connectivity index (χ4v) is 2.91. The SMILES string of the molecule is CC(CCCC(C)C(=O)O)NC(=O)C1NCCCC1(C)C. The van der Waals surface area contributed by atoms with Gasteiger partial charge in [-0.1, -0.05) is 27.2 Å². The number of amides is 1. The van der Waals surface area contributed by atoms with Gasteiger partial charge in [0.1, 0.15) is 0 Å². The fraction of sp³-hybridized carbons (Fsp3) is 0.875. The van der Waals surface area contributed by atoms with E-state index in [2.05, 4.69) is 24.5 Å². The predicted molar refractivity (Wildman–Crippen MR) is 83.1 cm³/mol. The number of rotatable bonds is 7. The van der Waals surface area contributed by atoms with Gasteiger partial charge < -0.3 is 15.7 Å². The Hall–Kier alpha value is -1.10. The summed E-state index contributed by atoms with van der Waals surface area (Å²) in [5.74, 6) is -0.995. The number of hydrogen-bond acceptors (Lipinski definition) is 3. The van der Waals surface area contributed by atoms with Crippen LogP contribution in [0.3, 0.4) is 0 Å². The summed E-state index contributed by atoms with van der Waals surface area (Å²) < 4.78 is 0. The van der Waals surface area contributed by atoms with Crippen molar-refractivity contribution in [1.82, 2.24) is 10.6 Å². The van der Waals surface area contributed by atoms with Gasteiger partial charge in [-0.15, -0.1) is 0 Å². The van der Waals surface area contributed by atoms with Crippen LogP contribution in [0.4, 0.5) is 0 Å². The lowest BCUT2D eigenvalue weighted by atomic mass is 9.77. The van der Waals surface area contributed by atoms with Gasteiger partial charge in [-0.25, -0.2) is 0 Å². The highest BCUT2D eigenvalue weighted by atomic mass is 16.4. The Labute approximate surface area is 127 Å². The van der Waals surface area contributed by atoms with E-state index in [4.69, 9.17) is 5.11 Å². The van der Waals surface area contributed by atoms with Crippen molar-refractivity contribution in [3.05, 3.63) is 0 Å². The van der Waals surface area contributed by atoms with Crippen molar-refractivity contribution in [3.8, 4) is 0 Å². The molecule has 0 bridgehead atoms. The molecular weight excluding hydrogens is 268 g/mol. The molecule has 1 rings (SSSR count). The lowest BCUT2D eigenvalue weighted by Crippen LogP contribution is -2.56. The number of piperidine rings is 1. The molecule has 1 amide bonds. The molecule has 0 radical (unpaired) electrons. The smallest absolute Gasteiger partial charge is 0.306 e. The molecule has 21 heavy (non-hydrogen) atoms. The third kappa shape index (κ3) is 5.65. The lowest BCUT2D eigenvalue weighted by Gasteiger charge is -2.38. The average Bonchev–Trinajstić information content (AvgIpc) is 2.37. The number of carboxylic acid groups (broad SMARTS) is 1. The second-order valence-electron chi connectivity index (χ2n) is 7.06. The number of carboxylic acids is 1. The van der Waals surface area contributed by atoms with E-state index < -0.39 is 5.97 Å². The second-order valence-corrected chi connectivity index (χ2v) is 7.06. The summed E-state index contributed by atoms with van der Waals surface area (Å²) in [5, 5.41) is 15.2. The first kappa shape index (κ1) is 18.0. The Balaban J connectivity index is 2.35. The van der Waals surface area contributed by atoms with Crippen LogP contribution in [0.5, 0.6) is 0 Å². The van der Waals surface area contributed by atoms with Crippen LogP contribution in [0.15, 0.2) is 0 Å². The van der Waals surface area contributed by atoms with Gasteiger partial charge in [-0.05, 0) is 44.6 Å². The molecule has 122 valence electrons. The largest absolute Gasteiger partial charge is 0.481 e. The predicted octanol–water partition coefficient (Wildman–Crippen LogP) is 2.16. The van der Waals surface area contributed by atoms with Crippen molar-refractivity contribution in [2.75, 3.05) is 6.54 Å². The number of carbonyl (C=O) groups excluding carboxylic acids is 1. The number of hydrogen-bond donors (Lipinski definition) is 3. The van der Waals surface area contributed by atoms with Gasteiger partial charge >= 0.3 is 5.97 Å². The molecule has 0 saturated carbocycles. The number of carbonyl (C=O) groups is 2. The summed E-state index contributed by atoms with van der Waals surface area (Å²) in [5.41, 5.74) is -0.0140. The zero-order valence-electron chi connectivity index (χ0n) is 13.7. The Morgan fingerprint density at radius 1 is 1.33 bits per heavy atom. The van der Waals surface area contributed by atoms with Gasteiger partial charge in [0.2, 0.25) is 5.91 Å². The van der Waals surface area contributed by atoms with E-state index in [-0.39, 0.29) is 29.3 Å². The third-order valence-corrected chi connectivity index (χ3v) is 4.47. The van der Waals surface area contributed by atoms with E-state index in [9.17, 15) is 9.59 Å². The highest BCUT2D eigenvalue weighted by Crippen LogP contribution is 2.30. The summed E-state index contributed by atoms with van der Waals surface area (Å²) in [4.78, 5) is 23.1. The summed E-state index contributed by atoms with van der Waals surface area (Å²) in [6, 6.07) is -0.0512. The molecule has 3 atom stereocenters. The summed E-state index contributed by atoms with van der Waals surface area (Å²) in [6.45, 7) is 8.86. The molecule has 1 aliphatic rings. The summed E-state index contributed by atoms with van der Waals surface area (Å²) in [7, 11) is 0. The Morgan fingerprint density at radius 2 is 2.00 bits per heavy atom. The molecule has 1 aliphatic heterocycles. The zero-order chi connectivity index (χ0) is 16.0. The van der Waals surface area contributed by atoms with Crippen LogP contribution in [0.25, 0.3) is 0 Å². The first-order valence-corrected chi connectivity index (χ1v) is 8.00.